The van der Waals surface area contributed by atoms with Crippen LogP contribution in [0.4, 0.5) is 0 Å². The van der Waals surface area contributed by atoms with E-state index in [2.05, 4.69) is 9.44 Å². The van der Waals surface area contributed by atoms with Crippen LogP contribution < -0.4 is 9.44 Å². The van der Waals surface area contributed by atoms with E-state index >= 15 is 0 Å². The first-order chi connectivity index (χ1) is 7.96. The molecule has 106 valence electrons. The molecule has 0 aromatic carbocycles. The average Bonchev–Trinajstić information content (AvgIpc) is 2.43. The summed E-state index contributed by atoms with van der Waals surface area (Å²) in [6.07, 6.45) is 0. The first-order valence-electron chi connectivity index (χ1n) is 5.59. The van der Waals surface area contributed by atoms with Gasteiger partial charge in [0.15, 0.2) is 0 Å². The van der Waals surface area contributed by atoms with Gasteiger partial charge in [-0.2, -0.15) is 17.9 Å². The minimum absolute atomic E-state index is 0.00889. The van der Waals surface area contributed by atoms with E-state index < -0.39 is 33.2 Å². The van der Waals surface area contributed by atoms with Crippen LogP contribution >= 0.6 is 0 Å². The Morgan fingerprint density at radius 3 is 2.44 bits per heavy atom. The molecule has 1 heterocycles. The highest BCUT2D eigenvalue weighted by Crippen LogP contribution is 2.29. The lowest BCUT2D eigenvalue weighted by Gasteiger charge is -2.27. The van der Waals surface area contributed by atoms with E-state index in [-0.39, 0.29) is 13.2 Å². The summed E-state index contributed by atoms with van der Waals surface area (Å²) in [5.74, 6) is -1.08. The summed E-state index contributed by atoms with van der Waals surface area (Å²) in [4.78, 5) is 11.2. The van der Waals surface area contributed by atoms with Crippen LogP contribution in [0.5, 0.6) is 0 Å². The highest BCUT2D eigenvalue weighted by atomic mass is 32.2. The molecule has 0 saturated carbocycles. The molecule has 1 fully saturated rings. The summed E-state index contributed by atoms with van der Waals surface area (Å²) in [5.41, 5.74) is -1.88. The highest BCUT2D eigenvalue weighted by Gasteiger charge is 2.48. The average molecular weight is 280 g/mol. The second-order valence-corrected chi connectivity index (χ2v) is 7.21. The maximum atomic E-state index is 11.8. The fourth-order valence-corrected chi connectivity index (χ4v) is 3.24. The van der Waals surface area contributed by atoms with Crippen molar-refractivity contribution in [2.24, 2.45) is 5.41 Å². The van der Waals surface area contributed by atoms with Gasteiger partial charge >= 0.3 is 5.97 Å². The van der Waals surface area contributed by atoms with E-state index in [1.165, 1.54) is 6.92 Å². The SMILES string of the molecule is CC(C)(C)NS(=O)(=O)NC1COCC1(C)C(=O)O. The van der Waals surface area contributed by atoms with Crippen molar-refractivity contribution >= 4 is 16.2 Å². The van der Waals surface area contributed by atoms with Gasteiger partial charge in [0.2, 0.25) is 0 Å². The first kappa shape index (κ1) is 15.4. The Bertz CT molecular complexity index is 428. The zero-order chi connectivity index (χ0) is 14.2. The highest BCUT2D eigenvalue weighted by molar-refractivity contribution is 7.87. The number of carbonyl (C=O) groups is 1. The van der Waals surface area contributed by atoms with Crippen LogP contribution in [0.1, 0.15) is 27.7 Å². The van der Waals surface area contributed by atoms with Gasteiger partial charge in [-0.25, -0.2) is 0 Å². The van der Waals surface area contributed by atoms with Crippen molar-refractivity contribution in [3.05, 3.63) is 0 Å². The molecule has 7 nitrogen and oxygen atoms in total. The number of carboxylic acids is 1. The Morgan fingerprint density at radius 1 is 1.44 bits per heavy atom. The molecule has 1 saturated heterocycles. The number of aliphatic carboxylic acids is 1. The number of carboxylic acid groups (broad SMARTS) is 1. The Kier molecular flexibility index (Phi) is 4.06. The predicted molar refractivity (Wildman–Crippen MR) is 65.3 cm³/mol. The van der Waals surface area contributed by atoms with Crippen molar-refractivity contribution in [1.82, 2.24) is 9.44 Å². The normalized spacial score (nSPS) is 29.4. The van der Waals surface area contributed by atoms with Crippen LogP contribution in [-0.2, 0) is 19.7 Å². The third kappa shape index (κ3) is 3.64. The molecule has 1 rings (SSSR count). The number of nitrogens with one attached hydrogen (secondary N) is 2. The van der Waals surface area contributed by atoms with Crippen molar-refractivity contribution in [1.29, 1.82) is 0 Å². The molecule has 1 aliphatic rings. The van der Waals surface area contributed by atoms with Crippen LogP contribution in [0.2, 0.25) is 0 Å². The van der Waals surface area contributed by atoms with Gasteiger partial charge in [0, 0.05) is 5.54 Å². The fourth-order valence-electron chi connectivity index (χ4n) is 1.67. The largest absolute Gasteiger partial charge is 0.481 e. The molecule has 0 aliphatic carbocycles. The van der Waals surface area contributed by atoms with Crippen LogP contribution in [0.3, 0.4) is 0 Å². The number of hydrogen-bond donors (Lipinski definition) is 3. The van der Waals surface area contributed by atoms with Gasteiger partial charge < -0.3 is 9.84 Å². The van der Waals surface area contributed by atoms with Gasteiger partial charge in [-0.15, -0.1) is 0 Å². The molecule has 0 spiro atoms. The number of hydrogen-bond acceptors (Lipinski definition) is 4. The lowest BCUT2D eigenvalue weighted by atomic mass is 9.86. The van der Waals surface area contributed by atoms with Crippen molar-refractivity contribution < 1.29 is 23.1 Å². The molecule has 0 amide bonds. The summed E-state index contributed by atoms with van der Waals surface area (Å²) in [7, 11) is -3.77. The minimum Gasteiger partial charge on any atom is -0.481 e. The van der Waals surface area contributed by atoms with Crippen molar-refractivity contribution in [3.8, 4) is 0 Å². The Morgan fingerprint density at radius 2 is 2.00 bits per heavy atom. The molecule has 18 heavy (non-hydrogen) atoms. The summed E-state index contributed by atoms with van der Waals surface area (Å²) in [6, 6.07) is -0.783. The second-order valence-electron chi connectivity index (χ2n) is 5.76. The van der Waals surface area contributed by atoms with Crippen molar-refractivity contribution in [3.63, 3.8) is 0 Å². The fraction of sp³-hybridized carbons (Fsp3) is 0.900. The standard InChI is InChI=1S/C10H20N2O5S/c1-9(2,3)12-18(15,16)11-7-5-17-6-10(7,4)8(13)14/h7,11-12H,5-6H2,1-4H3,(H,13,14). The number of ether oxygens (including phenoxy) is 1. The summed E-state index contributed by atoms with van der Waals surface area (Å²) < 4.78 is 33.5. The third-order valence-electron chi connectivity index (χ3n) is 2.68. The molecule has 0 bridgehead atoms. The summed E-state index contributed by atoms with van der Waals surface area (Å²) >= 11 is 0. The summed E-state index contributed by atoms with van der Waals surface area (Å²) in [6.45, 7) is 6.61. The molecule has 3 N–H and O–H groups in total. The molecule has 1 aliphatic heterocycles. The van der Waals surface area contributed by atoms with E-state index in [1.807, 2.05) is 0 Å². The van der Waals surface area contributed by atoms with E-state index in [1.54, 1.807) is 20.8 Å². The molecule has 2 atom stereocenters. The quantitative estimate of drug-likeness (QED) is 0.655. The molecule has 0 aromatic rings. The third-order valence-corrected chi connectivity index (χ3v) is 4.16. The van der Waals surface area contributed by atoms with E-state index in [0.29, 0.717) is 0 Å². The molecule has 2 unspecified atom stereocenters. The van der Waals surface area contributed by atoms with Gasteiger partial charge in [-0.1, -0.05) is 0 Å². The monoisotopic (exact) mass is 280 g/mol. The Hall–Kier alpha value is -0.700. The van der Waals surface area contributed by atoms with Gasteiger partial charge in [0.1, 0.15) is 5.41 Å². The van der Waals surface area contributed by atoms with Crippen molar-refractivity contribution in [2.45, 2.75) is 39.3 Å². The zero-order valence-electron chi connectivity index (χ0n) is 11.0. The van der Waals surface area contributed by atoms with Gasteiger partial charge in [0.05, 0.1) is 19.3 Å². The van der Waals surface area contributed by atoms with Crippen LogP contribution in [-0.4, -0.2) is 44.3 Å². The first-order valence-corrected chi connectivity index (χ1v) is 7.07. The molecule has 0 aromatic heterocycles. The Balaban J connectivity index is 2.82. The predicted octanol–water partition coefficient (Wildman–Crippen LogP) is -0.301. The van der Waals surface area contributed by atoms with Gasteiger partial charge in [-0.3, -0.25) is 4.79 Å². The number of rotatable bonds is 4. The minimum atomic E-state index is -3.77. The lowest BCUT2D eigenvalue weighted by Crippen LogP contribution is -2.55. The van der Waals surface area contributed by atoms with Crippen LogP contribution in [0.15, 0.2) is 0 Å². The molecule has 8 heteroatoms. The molecule has 0 radical (unpaired) electrons. The maximum absolute atomic E-state index is 11.8. The lowest BCUT2D eigenvalue weighted by molar-refractivity contribution is -0.148. The Labute approximate surface area is 107 Å². The van der Waals surface area contributed by atoms with E-state index in [4.69, 9.17) is 9.84 Å². The topological polar surface area (TPSA) is 105 Å². The maximum Gasteiger partial charge on any atom is 0.313 e. The summed E-state index contributed by atoms with van der Waals surface area (Å²) in [5, 5.41) is 9.14. The van der Waals surface area contributed by atoms with E-state index in [0.717, 1.165) is 0 Å². The van der Waals surface area contributed by atoms with E-state index in [9.17, 15) is 13.2 Å². The van der Waals surface area contributed by atoms with Crippen LogP contribution in [0, 0.1) is 5.41 Å². The van der Waals surface area contributed by atoms with Gasteiger partial charge in [0.25, 0.3) is 10.2 Å². The van der Waals surface area contributed by atoms with Gasteiger partial charge in [-0.05, 0) is 27.7 Å². The zero-order valence-corrected chi connectivity index (χ0v) is 11.8. The second kappa shape index (κ2) is 4.76. The molecular formula is C10H20N2O5S. The smallest absolute Gasteiger partial charge is 0.313 e. The van der Waals surface area contributed by atoms with Crippen molar-refractivity contribution in [2.75, 3.05) is 13.2 Å². The van der Waals surface area contributed by atoms with Crippen LogP contribution in [0.25, 0.3) is 0 Å². The molecular weight excluding hydrogens is 260 g/mol.